The largest absolute Gasteiger partial charge is 0.478 e. The molecule has 0 bridgehead atoms. The van der Waals surface area contributed by atoms with Crippen molar-refractivity contribution in [1.82, 2.24) is 4.98 Å². The van der Waals surface area contributed by atoms with Crippen molar-refractivity contribution in [2.45, 2.75) is 19.4 Å². The number of thiazole rings is 1. The molecular formula is C13H14FN3O2S. The monoisotopic (exact) mass is 295 g/mol. The third-order valence-electron chi connectivity index (χ3n) is 2.82. The Bertz CT molecular complexity index is 641. The number of nitrogen functional groups attached to an aromatic ring is 1. The molecule has 20 heavy (non-hydrogen) atoms. The van der Waals surface area contributed by atoms with E-state index in [2.05, 4.69) is 10.3 Å². The molecule has 1 aromatic heterocycles. The van der Waals surface area contributed by atoms with E-state index >= 15 is 0 Å². The van der Waals surface area contributed by atoms with Crippen molar-refractivity contribution in [2.75, 3.05) is 11.1 Å². The first-order valence-electron chi connectivity index (χ1n) is 5.82. The topological polar surface area (TPSA) is 88.2 Å². The molecule has 4 N–H and O–H groups in total. The van der Waals surface area contributed by atoms with E-state index < -0.39 is 17.3 Å². The number of aromatic nitrogens is 1. The van der Waals surface area contributed by atoms with E-state index in [1.165, 1.54) is 17.4 Å². The predicted molar refractivity (Wildman–Crippen MR) is 76.5 cm³/mol. The van der Waals surface area contributed by atoms with Crippen molar-refractivity contribution in [3.8, 4) is 0 Å². The molecule has 0 fully saturated rings. The third kappa shape index (κ3) is 2.57. The first-order chi connectivity index (χ1) is 9.33. The molecule has 1 heterocycles. The fourth-order valence-electron chi connectivity index (χ4n) is 1.85. The molecule has 0 unspecified atom stereocenters. The number of anilines is 2. The van der Waals surface area contributed by atoms with Crippen LogP contribution in [0.4, 0.5) is 15.8 Å². The molecule has 106 valence electrons. The highest BCUT2D eigenvalue weighted by Crippen LogP contribution is 2.32. The molecule has 0 aliphatic carbocycles. The molecule has 5 nitrogen and oxygen atoms in total. The first-order valence-corrected chi connectivity index (χ1v) is 6.70. The van der Waals surface area contributed by atoms with Crippen LogP contribution < -0.4 is 11.1 Å². The fraction of sp³-hybridized carbons (Fsp3) is 0.231. The van der Waals surface area contributed by atoms with Crippen molar-refractivity contribution >= 4 is 28.7 Å². The van der Waals surface area contributed by atoms with Crippen LogP contribution in [0.1, 0.15) is 29.2 Å². The molecule has 0 atom stereocenters. The highest BCUT2D eigenvalue weighted by atomic mass is 32.1. The zero-order valence-corrected chi connectivity index (χ0v) is 11.8. The molecule has 0 aliphatic heterocycles. The van der Waals surface area contributed by atoms with Gasteiger partial charge in [0, 0.05) is 11.6 Å². The Morgan fingerprint density at radius 1 is 1.50 bits per heavy atom. The summed E-state index contributed by atoms with van der Waals surface area (Å²) in [5, 5.41) is 14.9. The molecule has 2 aromatic rings. The van der Waals surface area contributed by atoms with E-state index in [0.29, 0.717) is 0 Å². The summed E-state index contributed by atoms with van der Waals surface area (Å²) in [7, 11) is 0. The van der Waals surface area contributed by atoms with E-state index in [0.717, 1.165) is 11.1 Å². The van der Waals surface area contributed by atoms with Crippen molar-refractivity contribution < 1.29 is 14.3 Å². The van der Waals surface area contributed by atoms with Crippen LogP contribution in [0.25, 0.3) is 0 Å². The number of nitrogens with one attached hydrogen (secondary N) is 1. The number of carboxylic acid groups (broad SMARTS) is 1. The zero-order valence-electron chi connectivity index (χ0n) is 11.0. The predicted octanol–water partition coefficient (Wildman–Crippen LogP) is 2.91. The van der Waals surface area contributed by atoms with Crippen molar-refractivity contribution in [3.05, 3.63) is 40.1 Å². The molecule has 2 rings (SSSR count). The van der Waals surface area contributed by atoms with Gasteiger partial charge in [-0.2, -0.15) is 0 Å². The summed E-state index contributed by atoms with van der Waals surface area (Å²) >= 11 is 1.44. The Balaban J connectivity index is 2.44. The molecule has 1 aromatic carbocycles. The molecule has 0 spiro atoms. The standard InChI is InChI=1S/C13H14FN3O2S/c1-13(2,12-16-5-6-20-12)17-8-4-3-7(14)10(15)9(8)11(18)19/h3-6,17H,15H2,1-2H3,(H,18,19). The van der Waals surface area contributed by atoms with Gasteiger partial charge in [0.15, 0.2) is 0 Å². The Hall–Kier alpha value is -2.15. The Morgan fingerprint density at radius 2 is 2.20 bits per heavy atom. The van der Waals surface area contributed by atoms with Crippen LogP contribution in [0.5, 0.6) is 0 Å². The molecule has 0 radical (unpaired) electrons. The van der Waals surface area contributed by atoms with E-state index in [1.54, 1.807) is 6.20 Å². The second-order valence-corrected chi connectivity index (χ2v) is 5.67. The first kappa shape index (κ1) is 14.3. The normalized spacial score (nSPS) is 11.3. The zero-order chi connectivity index (χ0) is 14.9. The summed E-state index contributed by atoms with van der Waals surface area (Å²) in [6.45, 7) is 3.72. The number of halogens is 1. The second-order valence-electron chi connectivity index (χ2n) is 4.78. The van der Waals surface area contributed by atoms with Gasteiger partial charge in [-0.15, -0.1) is 11.3 Å². The fourth-order valence-corrected chi connectivity index (χ4v) is 2.57. The van der Waals surface area contributed by atoms with E-state index in [4.69, 9.17) is 5.73 Å². The number of nitrogens with zero attached hydrogens (tertiary/aromatic N) is 1. The number of nitrogens with two attached hydrogens (primary N) is 1. The van der Waals surface area contributed by atoms with Crippen molar-refractivity contribution in [3.63, 3.8) is 0 Å². The van der Waals surface area contributed by atoms with Crippen LogP contribution in [-0.4, -0.2) is 16.1 Å². The highest BCUT2D eigenvalue weighted by molar-refractivity contribution is 7.09. The second kappa shape index (κ2) is 5.09. The van der Waals surface area contributed by atoms with E-state index in [1.807, 2.05) is 19.2 Å². The number of benzene rings is 1. The lowest BCUT2D eigenvalue weighted by atomic mass is 10.0. The maximum atomic E-state index is 13.4. The Kier molecular flexibility index (Phi) is 3.63. The summed E-state index contributed by atoms with van der Waals surface area (Å²) in [4.78, 5) is 15.5. The van der Waals surface area contributed by atoms with Crippen LogP contribution in [0.3, 0.4) is 0 Å². The van der Waals surface area contributed by atoms with Crippen molar-refractivity contribution in [2.24, 2.45) is 0 Å². The van der Waals surface area contributed by atoms with Gasteiger partial charge in [-0.1, -0.05) is 0 Å². The van der Waals surface area contributed by atoms with Crippen LogP contribution in [0.2, 0.25) is 0 Å². The molecule has 0 saturated heterocycles. The average molecular weight is 295 g/mol. The molecule has 7 heteroatoms. The van der Waals surface area contributed by atoms with Gasteiger partial charge in [0.25, 0.3) is 0 Å². The van der Waals surface area contributed by atoms with Gasteiger partial charge in [0.05, 0.1) is 16.9 Å². The maximum absolute atomic E-state index is 13.4. The minimum absolute atomic E-state index is 0.261. The van der Waals surface area contributed by atoms with Crippen molar-refractivity contribution in [1.29, 1.82) is 0 Å². The Labute approximate surface area is 119 Å². The smallest absolute Gasteiger partial charge is 0.340 e. The lowest BCUT2D eigenvalue weighted by Crippen LogP contribution is -2.29. The number of carbonyl (C=O) groups is 1. The number of aromatic carboxylic acids is 1. The minimum Gasteiger partial charge on any atom is -0.478 e. The Morgan fingerprint density at radius 3 is 2.75 bits per heavy atom. The lowest BCUT2D eigenvalue weighted by molar-refractivity contribution is 0.0698. The summed E-state index contributed by atoms with van der Waals surface area (Å²) in [6, 6.07) is 2.51. The maximum Gasteiger partial charge on any atom is 0.340 e. The van der Waals surface area contributed by atoms with Crippen LogP contribution in [0.15, 0.2) is 23.7 Å². The third-order valence-corrected chi connectivity index (χ3v) is 3.92. The number of carboxylic acids is 1. The van der Waals surface area contributed by atoms with E-state index in [9.17, 15) is 14.3 Å². The average Bonchev–Trinajstić information content (AvgIpc) is 2.87. The van der Waals surface area contributed by atoms with Crippen LogP contribution in [0, 0.1) is 5.82 Å². The van der Waals surface area contributed by atoms with E-state index in [-0.39, 0.29) is 16.9 Å². The van der Waals surface area contributed by atoms with Gasteiger partial charge in [-0.3, -0.25) is 0 Å². The SMILES string of the molecule is CC(C)(Nc1ccc(F)c(N)c1C(=O)O)c1nccs1. The summed E-state index contributed by atoms with van der Waals surface area (Å²) in [5.74, 6) is -2.03. The number of rotatable bonds is 4. The van der Waals surface area contributed by atoms with Gasteiger partial charge in [-0.05, 0) is 26.0 Å². The van der Waals surface area contributed by atoms with Gasteiger partial charge in [0.2, 0.25) is 0 Å². The minimum atomic E-state index is -1.28. The highest BCUT2D eigenvalue weighted by Gasteiger charge is 2.26. The molecule has 0 aliphatic rings. The number of hydrogen-bond donors (Lipinski definition) is 3. The van der Waals surface area contributed by atoms with Crippen LogP contribution in [-0.2, 0) is 5.54 Å². The van der Waals surface area contributed by atoms with Gasteiger partial charge < -0.3 is 16.2 Å². The lowest BCUT2D eigenvalue weighted by Gasteiger charge is -2.26. The quantitative estimate of drug-likeness (QED) is 0.755. The number of hydrogen-bond acceptors (Lipinski definition) is 5. The molecule has 0 saturated carbocycles. The van der Waals surface area contributed by atoms with Gasteiger partial charge in [-0.25, -0.2) is 14.2 Å². The van der Waals surface area contributed by atoms with Crippen LogP contribution >= 0.6 is 11.3 Å². The molecule has 0 amide bonds. The van der Waals surface area contributed by atoms with Gasteiger partial charge in [0.1, 0.15) is 16.4 Å². The summed E-state index contributed by atoms with van der Waals surface area (Å²) in [6.07, 6.45) is 1.67. The summed E-state index contributed by atoms with van der Waals surface area (Å²) in [5.41, 5.74) is 4.53. The van der Waals surface area contributed by atoms with Gasteiger partial charge >= 0.3 is 5.97 Å². The molecular weight excluding hydrogens is 281 g/mol. The summed E-state index contributed by atoms with van der Waals surface area (Å²) < 4.78 is 13.4.